The Balaban J connectivity index is 1.77. The van der Waals surface area contributed by atoms with Crippen LogP contribution in [0.1, 0.15) is 29.3 Å². The minimum atomic E-state index is -0.300. The van der Waals surface area contributed by atoms with E-state index in [1.54, 1.807) is 0 Å². The number of piperidine rings is 1. The summed E-state index contributed by atoms with van der Waals surface area (Å²) in [6, 6.07) is 5.69. The molecule has 3 rings (SSSR count). The molecule has 0 radical (unpaired) electrons. The maximum Gasteiger partial charge on any atom is 0.243 e. The second kappa shape index (κ2) is 6.76. The topological polar surface area (TPSA) is 58.6 Å². The summed E-state index contributed by atoms with van der Waals surface area (Å²) in [5.41, 5.74) is 2.24. The maximum absolute atomic E-state index is 12.1. The number of ether oxygens (including phenoxy) is 1. The summed E-state index contributed by atoms with van der Waals surface area (Å²) < 4.78 is 6.59. The molecule has 2 heterocycles. The van der Waals surface area contributed by atoms with Gasteiger partial charge in [0.15, 0.2) is 0 Å². The molecule has 2 aliphatic heterocycles. The van der Waals surface area contributed by atoms with E-state index in [2.05, 4.69) is 40.5 Å². The molecule has 1 aromatic rings. The second-order valence-corrected chi connectivity index (χ2v) is 6.98. The number of hydrogen-bond donors (Lipinski definition) is 2. The van der Waals surface area contributed by atoms with Crippen molar-refractivity contribution in [1.29, 1.82) is 0 Å². The molecular formula is C15H17IN2O3S. The number of alkyl halides is 1. The first-order valence-corrected chi connectivity index (χ1v) is 9.23. The monoisotopic (exact) mass is 432 g/mol. The minimum Gasteiger partial charge on any atom is -0.493 e. The van der Waals surface area contributed by atoms with E-state index in [1.807, 2.05) is 23.1 Å². The number of benzene rings is 1. The normalized spacial score (nSPS) is 25.0. The predicted octanol–water partition coefficient (Wildman–Crippen LogP) is 2.05. The van der Waals surface area contributed by atoms with E-state index < -0.39 is 0 Å². The third kappa shape index (κ3) is 3.11. The summed E-state index contributed by atoms with van der Waals surface area (Å²) in [4.78, 5) is 25.4. The van der Waals surface area contributed by atoms with Crippen LogP contribution >= 0.6 is 35.2 Å². The van der Waals surface area contributed by atoms with E-state index in [1.165, 1.54) is 0 Å². The largest absolute Gasteiger partial charge is 0.493 e. The Hall–Kier alpha value is -0.800. The molecule has 5 nitrogen and oxygen atoms in total. The van der Waals surface area contributed by atoms with Crippen LogP contribution in [0.3, 0.4) is 0 Å². The number of carbonyl (C=O) groups excluding carboxylic acids is 2. The first-order chi connectivity index (χ1) is 10.6. The van der Waals surface area contributed by atoms with Gasteiger partial charge in [0.25, 0.3) is 0 Å². The van der Waals surface area contributed by atoms with E-state index in [-0.39, 0.29) is 23.2 Å². The molecule has 2 aliphatic rings. The van der Waals surface area contributed by atoms with E-state index in [0.29, 0.717) is 26.0 Å². The number of nitrogens with zero attached hydrogens (tertiary/aromatic N) is 1. The fourth-order valence-corrected chi connectivity index (χ4v) is 3.67. The summed E-state index contributed by atoms with van der Waals surface area (Å²) in [5.74, 6) is 0.439. The molecule has 0 spiro atoms. The SMILES string of the molecule is O=C1CCC(N2Cc3cc(OCCI)ccc3C2S)C(=O)N1. The highest BCUT2D eigenvalue weighted by atomic mass is 127. The first kappa shape index (κ1) is 16.1. The smallest absolute Gasteiger partial charge is 0.243 e. The van der Waals surface area contributed by atoms with Crippen molar-refractivity contribution >= 4 is 47.0 Å². The van der Waals surface area contributed by atoms with Crippen LogP contribution in [0.25, 0.3) is 0 Å². The van der Waals surface area contributed by atoms with Crippen LogP contribution in [-0.4, -0.2) is 33.8 Å². The number of thiol groups is 1. The Morgan fingerprint density at radius 3 is 2.95 bits per heavy atom. The molecule has 0 bridgehead atoms. The number of amides is 2. The zero-order valence-electron chi connectivity index (χ0n) is 11.9. The van der Waals surface area contributed by atoms with Crippen LogP contribution < -0.4 is 10.1 Å². The van der Waals surface area contributed by atoms with Crippen LogP contribution in [0.4, 0.5) is 0 Å². The van der Waals surface area contributed by atoms with E-state index in [9.17, 15) is 9.59 Å². The third-order valence-corrected chi connectivity index (χ3v) is 5.03. The number of hydrogen-bond acceptors (Lipinski definition) is 5. The lowest BCUT2D eigenvalue weighted by Crippen LogP contribution is -2.51. The van der Waals surface area contributed by atoms with Crippen LogP contribution in [0.5, 0.6) is 5.75 Å². The zero-order chi connectivity index (χ0) is 15.7. The summed E-state index contributed by atoms with van der Waals surface area (Å²) in [6.45, 7) is 1.33. The Labute approximate surface area is 148 Å². The quantitative estimate of drug-likeness (QED) is 0.331. The summed E-state index contributed by atoms with van der Waals surface area (Å²) in [5, 5.41) is 2.29. The number of fused-ring (bicyclic) bond motifs is 1. The molecule has 118 valence electrons. The Kier molecular flexibility index (Phi) is 4.94. The van der Waals surface area contributed by atoms with Crippen LogP contribution in [0.15, 0.2) is 18.2 Å². The molecule has 1 fully saturated rings. The van der Waals surface area contributed by atoms with E-state index >= 15 is 0 Å². The molecule has 0 aromatic heterocycles. The fourth-order valence-electron chi connectivity index (χ4n) is 2.96. The van der Waals surface area contributed by atoms with Gasteiger partial charge in [0.2, 0.25) is 11.8 Å². The molecule has 0 aliphatic carbocycles. The number of halogens is 1. The average molecular weight is 432 g/mol. The Morgan fingerprint density at radius 2 is 2.23 bits per heavy atom. The van der Waals surface area contributed by atoms with E-state index in [4.69, 9.17) is 4.74 Å². The number of rotatable bonds is 4. The predicted molar refractivity (Wildman–Crippen MR) is 94.3 cm³/mol. The first-order valence-electron chi connectivity index (χ1n) is 7.19. The molecule has 7 heteroatoms. The van der Waals surface area contributed by atoms with Crippen molar-refractivity contribution in [3.63, 3.8) is 0 Å². The molecule has 22 heavy (non-hydrogen) atoms. The lowest BCUT2D eigenvalue weighted by Gasteiger charge is -2.32. The molecule has 2 amide bonds. The van der Waals surface area contributed by atoms with Gasteiger partial charge in [-0.2, -0.15) is 12.6 Å². The number of nitrogens with one attached hydrogen (secondary N) is 1. The highest BCUT2D eigenvalue weighted by Crippen LogP contribution is 2.40. The summed E-state index contributed by atoms with van der Waals surface area (Å²) >= 11 is 6.94. The van der Waals surface area contributed by atoms with Crippen molar-refractivity contribution in [3.05, 3.63) is 29.3 Å². The summed E-state index contributed by atoms with van der Waals surface area (Å²) in [7, 11) is 0. The minimum absolute atomic E-state index is 0.127. The second-order valence-electron chi connectivity index (χ2n) is 5.41. The van der Waals surface area contributed by atoms with Gasteiger partial charge >= 0.3 is 0 Å². The highest BCUT2D eigenvalue weighted by Gasteiger charge is 2.39. The van der Waals surface area contributed by atoms with Crippen molar-refractivity contribution in [2.75, 3.05) is 11.0 Å². The molecule has 1 saturated heterocycles. The van der Waals surface area contributed by atoms with Gasteiger partial charge < -0.3 is 4.74 Å². The van der Waals surface area contributed by atoms with Gasteiger partial charge in [-0.25, -0.2) is 0 Å². The Morgan fingerprint density at radius 1 is 1.41 bits per heavy atom. The standard InChI is InChI=1S/C15H17IN2O3S/c16-5-6-21-10-1-2-11-9(7-10)8-18(15(11)22)12-3-4-13(19)17-14(12)20/h1-2,7,12,15,22H,3-6,8H2,(H,17,19,20). The van der Waals surface area contributed by atoms with E-state index in [0.717, 1.165) is 21.3 Å². The third-order valence-electron chi connectivity index (χ3n) is 4.02. The highest BCUT2D eigenvalue weighted by molar-refractivity contribution is 14.1. The van der Waals surface area contributed by atoms with Crippen LogP contribution in [0, 0.1) is 0 Å². The van der Waals surface area contributed by atoms with Crippen molar-refractivity contribution < 1.29 is 14.3 Å². The molecule has 1 N–H and O–H groups in total. The van der Waals surface area contributed by atoms with Crippen molar-refractivity contribution in [1.82, 2.24) is 10.2 Å². The molecule has 2 unspecified atom stereocenters. The summed E-state index contributed by atoms with van der Waals surface area (Å²) in [6.07, 6.45) is 0.932. The van der Waals surface area contributed by atoms with Crippen LogP contribution in [0.2, 0.25) is 0 Å². The van der Waals surface area contributed by atoms with Crippen molar-refractivity contribution in [2.24, 2.45) is 0 Å². The molecule has 0 saturated carbocycles. The zero-order valence-corrected chi connectivity index (χ0v) is 15.0. The molecule has 2 atom stereocenters. The lowest BCUT2D eigenvalue weighted by atomic mass is 10.0. The maximum atomic E-state index is 12.1. The van der Waals surface area contributed by atoms with Crippen molar-refractivity contribution in [3.8, 4) is 5.75 Å². The van der Waals surface area contributed by atoms with Gasteiger partial charge in [0.05, 0.1) is 18.0 Å². The van der Waals surface area contributed by atoms with Gasteiger partial charge in [-0.3, -0.25) is 19.8 Å². The molecular weight excluding hydrogens is 415 g/mol. The molecule has 1 aromatic carbocycles. The van der Waals surface area contributed by atoms with Gasteiger partial charge in [-0.1, -0.05) is 28.7 Å². The lowest BCUT2D eigenvalue weighted by molar-refractivity contribution is -0.137. The van der Waals surface area contributed by atoms with Gasteiger partial charge in [-0.15, -0.1) is 0 Å². The Bertz CT molecular complexity index is 610. The number of imide groups is 1. The average Bonchev–Trinajstić information content (AvgIpc) is 2.82. The van der Waals surface area contributed by atoms with Crippen LogP contribution in [-0.2, 0) is 16.1 Å². The fraction of sp³-hybridized carbons (Fsp3) is 0.467. The van der Waals surface area contributed by atoms with Gasteiger partial charge in [0, 0.05) is 17.4 Å². The number of carbonyl (C=O) groups is 2. The van der Waals surface area contributed by atoms with Crippen molar-refractivity contribution in [2.45, 2.75) is 30.8 Å². The van der Waals surface area contributed by atoms with Gasteiger partial charge in [-0.05, 0) is 29.7 Å². The van der Waals surface area contributed by atoms with Gasteiger partial charge in [0.1, 0.15) is 5.75 Å².